The van der Waals surface area contributed by atoms with Crippen molar-refractivity contribution in [3.63, 3.8) is 0 Å². The molecule has 0 spiro atoms. The van der Waals surface area contributed by atoms with Gasteiger partial charge in [0.1, 0.15) is 0 Å². The fraction of sp³-hybridized carbons (Fsp3) is 0.429. The Morgan fingerprint density at radius 2 is 1.94 bits per heavy atom. The Morgan fingerprint density at radius 3 is 2.67 bits per heavy atom. The standard InChI is InChI=1S/C14H15NO3/c16-14(17)10-7-5-9(6-8-10)13-11-3-1-2-4-12(11)18-15-13/h1-4,9-10H,5-8H2,(H,16,17). The summed E-state index contributed by atoms with van der Waals surface area (Å²) in [6.07, 6.45) is 3.24. The maximum Gasteiger partial charge on any atom is 0.306 e. The number of aliphatic carboxylic acids is 1. The molecule has 0 amide bonds. The number of aromatic nitrogens is 1. The molecule has 0 saturated heterocycles. The number of para-hydroxylation sites is 1. The molecule has 0 atom stereocenters. The van der Waals surface area contributed by atoms with E-state index in [0.717, 1.165) is 42.3 Å². The van der Waals surface area contributed by atoms with Crippen molar-refractivity contribution in [3.8, 4) is 0 Å². The van der Waals surface area contributed by atoms with Gasteiger partial charge in [-0.3, -0.25) is 4.79 Å². The number of hydrogen-bond acceptors (Lipinski definition) is 3. The van der Waals surface area contributed by atoms with Crippen LogP contribution in [-0.4, -0.2) is 16.2 Å². The summed E-state index contributed by atoms with van der Waals surface area (Å²) in [5, 5.41) is 14.2. The molecule has 1 heterocycles. The Morgan fingerprint density at radius 1 is 1.22 bits per heavy atom. The fourth-order valence-electron chi connectivity index (χ4n) is 2.81. The Bertz CT molecular complexity index is 567. The zero-order valence-electron chi connectivity index (χ0n) is 10.0. The molecule has 0 bridgehead atoms. The van der Waals surface area contributed by atoms with Crippen LogP contribution in [0.5, 0.6) is 0 Å². The molecule has 18 heavy (non-hydrogen) atoms. The molecule has 1 aromatic carbocycles. The van der Waals surface area contributed by atoms with Gasteiger partial charge in [0, 0.05) is 11.3 Å². The Labute approximate surface area is 105 Å². The highest BCUT2D eigenvalue weighted by Crippen LogP contribution is 2.38. The van der Waals surface area contributed by atoms with Crippen LogP contribution < -0.4 is 0 Å². The summed E-state index contributed by atoms with van der Waals surface area (Å²) in [5.74, 6) is -0.512. The first-order chi connectivity index (χ1) is 8.75. The van der Waals surface area contributed by atoms with E-state index in [2.05, 4.69) is 5.16 Å². The van der Waals surface area contributed by atoms with Crippen molar-refractivity contribution in [1.82, 2.24) is 5.16 Å². The fourth-order valence-corrected chi connectivity index (χ4v) is 2.81. The van der Waals surface area contributed by atoms with Crippen LogP contribution in [0, 0.1) is 5.92 Å². The minimum absolute atomic E-state index is 0.181. The quantitative estimate of drug-likeness (QED) is 0.882. The molecule has 1 aliphatic rings. The smallest absolute Gasteiger partial charge is 0.306 e. The summed E-state index contributed by atoms with van der Waals surface area (Å²) in [7, 11) is 0. The normalized spacial score (nSPS) is 24.2. The molecule has 1 saturated carbocycles. The summed E-state index contributed by atoms with van der Waals surface area (Å²) < 4.78 is 5.31. The number of rotatable bonds is 2. The summed E-state index contributed by atoms with van der Waals surface area (Å²) in [6, 6.07) is 7.84. The molecule has 4 nitrogen and oxygen atoms in total. The number of carboxylic acids is 1. The monoisotopic (exact) mass is 245 g/mol. The molecule has 94 valence electrons. The minimum Gasteiger partial charge on any atom is -0.481 e. The van der Waals surface area contributed by atoms with E-state index in [0.29, 0.717) is 5.92 Å². The average molecular weight is 245 g/mol. The molecular weight excluding hydrogens is 230 g/mol. The summed E-state index contributed by atoms with van der Waals surface area (Å²) in [5.41, 5.74) is 1.81. The number of carbonyl (C=O) groups is 1. The highest BCUT2D eigenvalue weighted by atomic mass is 16.5. The molecule has 1 aromatic heterocycles. The van der Waals surface area contributed by atoms with E-state index in [1.807, 2.05) is 24.3 Å². The van der Waals surface area contributed by atoms with Crippen molar-refractivity contribution >= 4 is 16.9 Å². The van der Waals surface area contributed by atoms with E-state index in [1.54, 1.807) is 0 Å². The second-order valence-electron chi connectivity index (χ2n) is 4.95. The predicted octanol–water partition coefficient (Wildman–Crippen LogP) is 3.19. The van der Waals surface area contributed by atoms with Crippen LogP contribution in [0.4, 0.5) is 0 Å². The third kappa shape index (κ3) is 1.88. The van der Waals surface area contributed by atoms with Crippen LogP contribution >= 0.6 is 0 Å². The van der Waals surface area contributed by atoms with E-state index >= 15 is 0 Å². The van der Waals surface area contributed by atoms with Gasteiger partial charge in [0.2, 0.25) is 0 Å². The number of nitrogens with zero attached hydrogens (tertiary/aromatic N) is 1. The molecule has 1 aliphatic carbocycles. The van der Waals surface area contributed by atoms with Crippen LogP contribution in [0.2, 0.25) is 0 Å². The van der Waals surface area contributed by atoms with Crippen molar-refractivity contribution in [1.29, 1.82) is 0 Å². The lowest BCUT2D eigenvalue weighted by Crippen LogP contribution is -2.20. The number of carboxylic acid groups (broad SMARTS) is 1. The van der Waals surface area contributed by atoms with Gasteiger partial charge in [-0.05, 0) is 37.8 Å². The highest BCUT2D eigenvalue weighted by Gasteiger charge is 2.29. The summed E-state index contributed by atoms with van der Waals surface area (Å²) >= 11 is 0. The van der Waals surface area contributed by atoms with Crippen molar-refractivity contribution in [2.45, 2.75) is 31.6 Å². The average Bonchev–Trinajstić information content (AvgIpc) is 2.82. The van der Waals surface area contributed by atoms with Crippen LogP contribution in [0.15, 0.2) is 28.8 Å². The lowest BCUT2D eigenvalue weighted by molar-refractivity contribution is -0.142. The first-order valence-corrected chi connectivity index (χ1v) is 6.33. The first kappa shape index (κ1) is 11.3. The van der Waals surface area contributed by atoms with Gasteiger partial charge in [-0.1, -0.05) is 17.3 Å². The van der Waals surface area contributed by atoms with Gasteiger partial charge in [0.25, 0.3) is 0 Å². The molecule has 2 aromatic rings. The Kier molecular flexibility index (Phi) is 2.78. The van der Waals surface area contributed by atoms with Gasteiger partial charge in [0.05, 0.1) is 11.6 Å². The van der Waals surface area contributed by atoms with Crippen molar-refractivity contribution in [2.75, 3.05) is 0 Å². The van der Waals surface area contributed by atoms with E-state index in [-0.39, 0.29) is 5.92 Å². The number of benzene rings is 1. The van der Waals surface area contributed by atoms with Gasteiger partial charge in [-0.15, -0.1) is 0 Å². The van der Waals surface area contributed by atoms with Crippen LogP contribution in [-0.2, 0) is 4.79 Å². The maximum atomic E-state index is 10.9. The number of fused-ring (bicyclic) bond motifs is 1. The third-order valence-corrected chi connectivity index (χ3v) is 3.87. The van der Waals surface area contributed by atoms with E-state index in [1.165, 1.54) is 0 Å². The lowest BCUT2D eigenvalue weighted by atomic mass is 9.80. The Balaban J connectivity index is 1.82. The van der Waals surface area contributed by atoms with E-state index in [4.69, 9.17) is 9.63 Å². The molecule has 1 fully saturated rings. The van der Waals surface area contributed by atoms with Gasteiger partial charge >= 0.3 is 5.97 Å². The van der Waals surface area contributed by atoms with Gasteiger partial charge < -0.3 is 9.63 Å². The predicted molar refractivity (Wildman–Crippen MR) is 66.3 cm³/mol. The van der Waals surface area contributed by atoms with Gasteiger partial charge in [0.15, 0.2) is 5.58 Å². The molecule has 0 aliphatic heterocycles. The van der Waals surface area contributed by atoms with Crippen molar-refractivity contribution in [2.24, 2.45) is 5.92 Å². The van der Waals surface area contributed by atoms with Crippen molar-refractivity contribution < 1.29 is 14.4 Å². The van der Waals surface area contributed by atoms with Crippen LogP contribution in [0.3, 0.4) is 0 Å². The third-order valence-electron chi connectivity index (χ3n) is 3.87. The van der Waals surface area contributed by atoms with E-state index < -0.39 is 5.97 Å². The SMILES string of the molecule is O=C(O)C1CCC(c2noc3ccccc23)CC1. The topological polar surface area (TPSA) is 63.3 Å². The zero-order valence-corrected chi connectivity index (χ0v) is 10.0. The van der Waals surface area contributed by atoms with Crippen LogP contribution in [0.25, 0.3) is 11.0 Å². The summed E-state index contributed by atoms with van der Waals surface area (Å²) in [6.45, 7) is 0. The maximum absolute atomic E-state index is 10.9. The minimum atomic E-state index is -0.668. The van der Waals surface area contributed by atoms with Gasteiger partial charge in [-0.2, -0.15) is 0 Å². The highest BCUT2D eigenvalue weighted by molar-refractivity contribution is 5.79. The second-order valence-corrected chi connectivity index (χ2v) is 4.95. The lowest BCUT2D eigenvalue weighted by Gasteiger charge is -2.24. The zero-order chi connectivity index (χ0) is 12.5. The summed E-state index contributed by atoms with van der Waals surface area (Å²) in [4.78, 5) is 10.9. The second kappa shape index (κ2) is 4.44. The molecule has 3 rings (SSSR count). The Hall–Kier alpha value is -1.84. The molecule has 1 N–H and O–H groups in total. The van der Waals surface area contributed by atoms with Crippen molar-refractivity contribution in [3.05, 3.63) is 30.0 Å². The molecule has 4 heteroatoms. The first-order valence-electron chi connectivity index (χ1n) is 6.33. The largest absolute Gasteiger partial charge is 0.481 e. The molecular formula is C14H15NO3. The van der Waals surface area contributed by atoms with Crippen LogP contribution in [0.1, 0.15) is 37.3 Å². The van der Waals surface area contributed by atoms with Gasteiger partial charge in [-0.25, -0.2) is 0 Å². The van der Waals surface area contributed by atoms with E-state index in [9.17, 15) is 4.79 Å². The molecule has 0 unspecified atom stereocenters. The number of hydrogen-bond donors (Lipinski definition) is 1. The molecule has 0 radical (unpaired) electrons.